The van der Waals surface area contributed by atoms with Crippen LogP contribution in [0.4, 0.5) is 5.69 Å². The molecule has 21 heavy (non-hydrogen) atoms. The van der Waals surface area contributed by atoms with Gasteiger partial charge in [0.1, 0.15) is 5.57 Å². The van der Waals surface area contributed by atoms with Gasteiger partial charge in [0, 0.05) is 16.1 Å². The minimum absolute atomic E-state index is 0.0517. The average Bonchev–Trinajstić information content (AvgIpc) is 2.36. The normalized spacial score (nSPS) is 14.5. The van der Waals surface area contributed by atoms with Gasteiger partial charge in [0.15, 0.2) is 5.11 Å². The molecular weight excluding hydrogens is 366 g/mol. The molecule has 108 valence electrons. The molecule has 1 saturated heterocycles. The summed E-state index contributed by atoms with van der Waals surface area (Å²) >= 11 is 7.70. The molecule has 0 spiro atoms. The molecule has 1 heterocycles. The van der Waals surface area contributed by atoms with E-state index in [0.717, 1.165) is 12.1 Å². The molecule has 8 nitrogen and oxygen atoms in total. The van der Waals surface area contributed by atoms with Crippen LogP contribution in [0.1, 0.15) is 5.56 Å². The maximum Gasteiger partial charge on any atom is 0.312 e. The molecule has 0 radical (unpaired) electrons. The molecule has 0 saturated carbocycles. The van der Waals surface area contributed by atoms with Crippen molar-refractivity contribution in [2.45, 2.75) is 0 Å². The predicted molar refractivity (Wildman–Crippen MR) is 79.3 cm³/mol. The van der Waals surface area contributed by atoms with Crippen LogP contribution in [-0.2, 0) is 9.59 Å². The van der Waals surface area contributed by atoms with Crippen LogP contribution in [0.25, 0.3) is 6.08 Å². The zero-order valence-electron chi connectivity index (χ0n) is 10.0. The lowest BCUT2D eigenvalue weighted by atomic mass is 10.1. The summed E-state index contributed by atoms with van der Waals surface area (Å²) in [6, 6.07) is 2.44. The summed E-state index contributed by atoms with van der Waals surface area (Å²) in [6.07, 6.45) is 1.04. The molecule has 1 aliphatic rings. The van der Waals surface area contributed by atoms with Gasteiger partial charge in [-0.3, -0.25) is 30.3 Å². The summed E-state index contributed by atoms with van der Waals surface area (Å²) in [6.45, 7) is 0. The fourth-order valence-corrected chi connectivity index (χ4v) is 2.27. The van der Waals surface area contributed by atoms with Crippen LogP contribution >= 0.6 is 28.1 Å². The number of aromatic hydroxyl groups is 1. The first-order valence-electron chi connectivity index (χ1n) is 5.35. The number of amides is 2. The first-order valence-corrected chi connectivity index (χ1v) is 6.55. The molecule has 10 heteroatoms. The van der Waals surface area contributed by atoms with Crippen molar-refractivity contribution in [3.8, 4) is 5.75 Å². The molecular formula is C11H6BrN3O5S. The molecule has 2 amide bonds. The third kappa shape index (κ3) is 3.06. The van der Waals surface area contributed by atoms with E-state index in [4.69, 9.17) is 0 Å². The lowest BCUT2D eigenvalue weighted by Gasteiger charge is -2.16. The van der Waals surface area contributed by atoms with Gasteiger partial charge in [-0.15, -0.1) is 0 Å². The quantitative estimate of drug-likeness (QED) is 0.234. The lowest BCUT2D eigenvalue weighted by Crippen LogP contribution is -2.51. The Morgan fingerprint density at radius 3 is 2.38 bits per heavy atom. The number of rotatable bonds is 2. The smallest absolute Gasteiger partial charge is 0.312 e. The highest BCUT2D eigenvalue weighted by atomic mass is 79.9. The predicted octanol–water partition coefficient (Wildman–Crippen LogP) is 0.977. The largest absolute Gasteiger partial charge is 0.502 e. The second kappa shape index (κ2) is 5.58. The topological polar surface area (TPSA) is 122 Å². The monoisotopic (exact) mass is 371 g/mol. The second-order valence-electron chi connectivity index (χ2n) is 3.92. The van der Waals surface area contributed by atoms with E-state index < -0.39 is 28.2 Å². The lowest BCUT2D eigenvalue weighted by molar-refractivity contribution is -0.385. The van der Waals surface area contributed by atoms with Gasteiger partial charge in [-0.2, -0.15) is 0 Å². The fraction of sp³-hybridized carbons (Fsp3) is 0. The summed E-state index contributed by atoms with van der Waals surface area (Å²) in [7, 11) is 0. The van der Waals surface area contributed by atoms with Gasteiger partial charge in [0.05, 0.1) is 4.92 Å². The number of hydrogen-bond acceptors (Lipinski definition) is 6. The SMILES string of the molecule is O=C1NC(=S)NC(=O)C1=Cc1cc(Br)cc([N+](=O)[O-])c1O. The van der Waals surface area contributed by atoms with Gasteiger partial charge in [-0.25, -0.2) is 0 Å². The number of nitrogens with one attached hydrogen (secondary N) is 2. The number of hydrogen-bond donors (Lipinski definition) is 3. The van der Waals surface area contributed by atoms with Crippen LogP contribution in [-0.4, -0.2) is 27.0 Å². The molecule has 0 aliphatic carbocycles. The summed E-state index contributed by atoms with van der Waals surface area (Å²) < 4.78 is 0.311. The summed E-state index contributed by atoms with van der Waals surface area (Å²) in [4.78, 5) is 33.4. The molecule has 0 bridgehead atoms. The molecule has 0 aromatic heterocycles. The Bertz CT molecular complexity index is 709. The van der Waals surface area contributed by atoms with Gasteiger partial charge >= 0.3 is 5.69 Å². The Labute approximate surface area is 131 Å². The van der Waals surface area contributed by atoms with Crippen LogP contribution in [0, 0.1) is 10.1 Å². The van der Waals surface area contributed by atoms with Crippen LogP contribution in [0.5, 0.6) is 5.75 Å². The molecule has 0 unspecified atom stereocenters. The van der Waals surface area contributed by atoms with E-state index >= 15 is 0 Å². The van der Waals surface area contributed by atoms with Gasteiger partial charge in [-0.05, 0) is 24.4 Å². The molecule has 3 N–H and O–H groups in total. The van der Waals surface area contributed by atoms with Gasteiger partial charge in [0.25, 0.3) is 11.8 Å². The number of carbonyl (C=O) groups excluding carboxylic acids is 2. The molecule has 1 fully saturated rings. The van der Waals surface area contributed by atoms with Gasteiger partial charge < -0.3 is 5.11 Å². The van der Waals surface area contributed by atoms with Crippen molar-refractivity contribution >= 4 is 56.8 Å². The van der Waals surface area contributed by atoms with E-state index in [0.29, 0.717) is 4.47 Å². The Morgan fingerprint density at radius 2 is 1.86 bits per heavy atom. The average molecular weight is 372 g/mol. The summed E-state index contributed by atoms with van der Waals surface area (Å²) in [5.41, 5.74) is -0.932. The maximum atomic E-state index is 11.7. The van der Waals surface area contributed by atoms with Crippen molar-refractivity contribution in [1.29, 1.82) is 0 Å². The first kappa shape index (κ1) is 15.1. The third-order valence-electron chi connectivity index (χ3n) is 2.52. The fourth-order valence-electron chi connectivity index (χ4n) is 1.62. The van der Waals surface area contributed by atoms with E-state index in [1.54, 1.807) is 0 Å². The van der Waals surface area contributed by atoms with Gasteiger partial charge in [-0.1, -0.05) is 15.9 Å². The highest BCUT2D eigenvalue weighted by Crippen LogP contribution is 2.34. The second-order valence-corrected chi connectivity index (χ2v) is 5.24. The Kier molecular flexibility index (Phi) is 4.00. The number of phenolic OH excluding ortho intramolecular Hbond substituents is 1. The number of nitro benzene ring substituents is 1. The van der Waals surface area contributed by atoms with Crippen LogP contribution < -0.4 is 10.6 Å². The Hall–Kier alpha value is -2.33. The van der Waals surface area contributed by atoms with Crippen molar-refractivity contribution in [3.63, 3.8) is 0 Å². The summed E-state index contributed by atoms with van der Waals surface area (Å²) in [5, 5.41) is 25.0. The first-order chi connectivity index (χ1) is 9.79. The number of nitrogens with zero attached hydrogens (tertiary/aromatic N) is 1. The van der Waals surface area contributed by atoms with E-state index in [9.17, 15) is 24.8 Å². The maximum absolute atomic E-state index is 11.7. The van der Waals surface area contributed by atoms with Crippen molar-refractivity contribution in [2.24, 2.45) is 0 Å². The van der Waals surface area contributed by atoms with Crippen molar-refractivity contribution < 1.29 is 19.6 Å². The minimum atomic E-state index is -0.780. The third-order valence-corrected chi connectivity index (χ3v) is 3.19. The molecule has 1 aliphatic heterocycles. The highest BCUT2D eigenvalue weighted by Gasteiger charge is 2.27. The summed E-state index contributed by atoms with van der Waals surface area (Å²) in [5.74, 6) is -2.17. The van der Waals surface area contributed by atoms with E-state index in [1.165, 1.54) is 6.07 Å². The Balaban J connectivity index is 2.55. The van der Waals surface area contributed by atoms with Crippen molar-refractivity contribution in [1.82, 2.24) is 10.6 Å². The number of halogens is 1. The highest BCUT2D eigenvalue weighted by molar-refractivity contribution is 9.10. The number of nitro groups is 1. The molecule has 2 rings (SSSR count). The van der Waals surface area contributed by atoms with Crippen molar-refractivity contribution in [2.75, 3.05) is 0 Å². The Morgan fingerprint density at radius 1 is 1.29 bits per heavy atom. The number of benzene rings is 1. The van der Waals surface area contributed by atoms with Crippen LogP contribution in [0.15, 0.2) is 22.2 Å². The van der Waals surface area contributed by atoms with Crippen LogP contribution in [0.2, 0.25) is 0 Å². The number of phenols is 1. The van der Waals surface area contributed by atoms with Crippen LogP contribution in [0.3, 0.4) is 0 Å². The van der Waals surface area contributed by atoms with E-state index in [-0.39, 0.29) is 16.2 Å². The van der Waals surface area contributed by atoms with E-state index in [1.807, 2.05) is 0 Å². The van der Waals surface area contributed by atoms with E-state index in [2.05, 4.69) is 38.8 Å². The standard InChI is InChI=1S/C11H6BrN3O5S/c12-5-1-4(8(16)7(3-5)15(19)20)2-6-9(17)13-11(21)14-10(6)18/h1-3,16H,(H2,13,14,17,18,21). The zero-order valence-corrected chi connectivity index (χ0v) is 12.4. The molecule has 1 aromatic carbocycles. The number of carbonyl (C=O) groups is 2. The zero-order chi connectivity index (χ0) is 15.7. The number of thiocarbonyl (C=S) groups is 1. The van der Waals surface area contributed by atoms with Gasteiger partial charge in [0.2, 0.25) is 5.75 Å². The molecule has 0 atom stereocenters. The minimum Gasteiger partial charge on any atom is -0.502 e. The molecule has 1 aromatic rings. The van der Waals surface area contributed by atoms with Crippen molar-refractivity contribution in [3.05, 3.63) is 37.9 Å².